The second-order valence-electron chi connectivity index (χ2n) is 4.81. The highest BCUT2D eigenvalue weighted by molar-refractivity contribution is 6.33. The molecule has 0 aliphatic rings. The van der Waals surface area contributed by atoms with Gasteiger partial charge in [0.05, 0.1) is 16.6 Å². The van der Waals surface area contributed by atoms with Crippen molar-refractivity contribution in [1.29, 1.82) is 0 Å². The summed E-state index contributed by atoms with van der Waals surface area (Å²) in [6.07, 6.45) is 0. The van der Waals surface area contributed by atoms with Crippen LogP contribution < -0.4 is 5.73 Å². The van der Waals surface area contributed by atoms with Gasteiger partial charge >= 0.3 is 0 Å². The van der Waals surface area contributed by atoms with Crippen LogP contribution in [0, 0.1) is 6.92 Å². The number of nitrogens with zero attached hydrogens (tertiary/aromatic N) is 3. The van der Waals surface area contributed by atoms with E-state index < -0.39 is 0 Å². The average Bonchev–Trinajstić information content (AvgIpc) is 2.77. The van der Waals surface area contributed by atoms with Gasteiger partial charge in [0.25, 0.3) is 5.89 Å². The van der Waals surface area contributed by atoms with Crippen LogP contribution in [0.1, 0.15) is 17.4 Å². The fourth-order valence-electron chi connectivity index (χ4n) is 1.76. The number of hydrogen-bond donors (Lipinski definition) is 1. The van der Waals surface area contributed by atoms with Crippen molar-refractivity contribution >= 4 is 11.6 Å². The van der Waals surface area contributed by atoms with E-state index in [2.05, 4.69) is 10.1 Å². The van der Waals surface area contributed by atoms with Crippen molar-refractivity contribution in [2.75, 3.05) is 20.6 Å². The third-order valence-corrected chi connectivity index (χ3v) is 3.00. The molecule has 1 heterocycles. The number of halogens is 1. The molecule has 6 heteroatoms. The van der Waals surface area contributed by atoms with Crippen molar-refractivity contribution < 1.29 is 4.52 Å². The minimum Gasteiger partial charge on any atom is -0.334 e. The summed E-state index contributed by atoms with van der Waals surface area (Å²) in [5.74, 6) is 0.884. The van der Waals surface area contributed by atoms with Crippen LogP contribution in [0.2, 0.25) is 5.02 Å². The molecule has 0 fully saturated rings. The Labute approximate surface area is 117 Å². The van der Waals surface area contributed by atoms with Gasteiger partial charge < -0.3 is 15.2 Å². The number of nitrogens with two attached hydrogens (primary N) is 1. The zero-order chi connectivity index (χ0) is 14.0. The lowest BCUT2D eigenvalue weighted by Crippen LogP contribution is -2.26. The van der Waals surface area contributed by atoms with Crippen LogP contribution in [0.5, 0.6) is 0 Å². The second kappa shape index (κ2) is 5.69. The highest BCUT2D eigenvalue weighted by Gasteiger charge is 2.17. The Morgan fingerprint density at radius 1 is 1.42 bits per heavy atom. The van der Waals surface area contributed by atoms with E-state index in [1.807, 2.05) is 44.1 Å². The lowest BCUT2D eigenvalue weighted by atomic mass is 10.1. The van der Waals surface area contributed by atoms with Crippen molar-refractivity contribution in [3.05, 3.63) is 34.6 Å². The number of rotatable bonds is 4. The highest BCUT2D eigenvalue weighted by atomic mass is 35.5. The maximum Gasteiger partial charge on any atom is 0.259 e. The predicted octanol–water partition coefficient (Wildman–Crippen LogP) is 2.26. The van der Waals surface area contributed by atoms with Gasteiger partial charge in [-0.15, -0.1) is 0 Å². The molecular formula is C13H17ClN4O. The van der Waals surface area contributed by atoms with E-state index in [1.54, 1.807) is 0 Å². The van der Waals surface area contributed by atoms with Crippen molar-refractivity contribution in [1.82, 2.24) is 15.0 Å². The fraction of sp³-hybridized carbons (Fsp3) is 0.385. The Balaban J connectivity index is 2.25. The molecule has 19 heavy (non-hydrogen) atoms. The van der Waals surface area contributed by atoms with Gasteiger partial charge in [-0.25, -0.2) is 0 Å². The van der Waals surface area contributed by atoms with Gasteiger partial charge in [-0.1, -0.05) is 22.8 Å². The highest BCUT2D eigenvalue weighted by Crippen LogP contribution is 2.27. The molecule has 0 saturated carbocycles. The zero-order valence-corrected chi connectivity index (χ0v) is 12.0. The number of aryl methyl sites for hydroxylation is 1. The summed E-state index contributed by atoms with van der Waals surface area (Å²) in [4.78, 5) is 6.28. The van der Waals surface area contributed by atoms with Gasteiger partial charge in [0, 0.05) is 6.54 Å². The number of likely N-dealkylation sites (N-methyl/N-ethyl adjacent to an activating group) is 1. The van der Waals surface area contributed by atoms with Crippen molar-refractivity contribution in [2.24, 2.45) is 5.73 Å². The smallest absolute Gasteiger partial charge is 0.259 e. The first-order valence-electron chi connectivity index (χ1n) is 5.98. The van der Waals surface area contributed by atoms with E-state index in [0.29, 0.717) is 23.3 Å². The molecule has 0 aliphatic heterocycles. The monoisotopic (exact) mass is 280 g/mol. The van der Waals surface area contributed by atoms with Crippen molar-refractivity contribution in [3.63, 3.8) is 0 Å². The first kappa shape index (κ1) is 14.0. The van der Waals surface area contributed by atoms with E-state index in [0.717, 1.165) is 11.1 Å². The second-order valence-corrected chi connectivity index (χ2v) is 5.22. The number of aromatic nitrogens is 2. The van der Waals surface area contributed by atoms with Gasteiger partial charge in [0.15, 0.2) is 5.82 Å². The van der Waals surface area contributed by atoms with Crippen molar-refractivity contribution in [2.45, 2.75) is 13.0 Å². The molecule has 1 aromatic heterocycles. The largest absolute Gasteiger partial charge is 0.334 e. The summed E-state index contributed by atoms with van der Waals surface area (Å²) >= 11 is 6.17. The van der Waals surface area contributed by atoms with Crippen LogP contribution >= 0.6 is 11.6 Å². The molecule has 2 rings (SSSR count). The summed E-state index contributed by atoms with van der Waals surface area (Å²) in [6.45, 7) is 2.63. The summed E-state index contributed by atoms with van der Waals surface area (Å²) in [5.41, 5.74) is 7.80. The Bertz CT molecular complexity index is 568. The summed E-state index contributed by atoms with van der Waals surface area (Å²) in [7, 11) is 3.88. The van der Waals surface area contributed by atoms with Crippen molar-refractivity contribution in [3.8, 4) is 11.5 Å². The minimum absolute atomic E-state index is 0.281. The van der Waals surface area contributed by atoms with Gasteiger partial charge in [-0.3, -0.25) is 0 Å². The summed E-state index contributed by atoms with van der Waals surface area (Å²) < 4.78 is 5.23. The van der Waals surface area contributed by atoms with E-state index in [-0.39, 0.29) is 6.04 Å². The Morgan fingerprint density at radius 2 is 2.16 bits per heavy atom. The number of benzene rings is 1. The molecule has 0 radical (unpaired) electrons. The molecule has 102 valence electrons. The maximum atomic E-state index is 6.17. The standard InChI is InChI=1S/C13H17ClN4O/c1-8-4-5-9(10(14)6-8)13-16-12(17-19-13)11(15)7-18(2)3/h4-6,11H,7,15H2,1-3H3. The first-order chi connectivity index (χ1) is 8.97. The molecule has 1 aromatic carbocycles. The van der Waals surface area contributed by atoms with Gasteiger partial charge in [-0.05, 0) is 38.7 Å². The van der Waals surface area contributed by atoms with Crippen LogP contribution in [0.25, 0.3) is 11.5 Å². The number of hydrogen-bond acceptors (Lipinski definition) is 5. The fourth-order valence-corrected chi connectivity index (χ4v) is 2.08. The lowest BCUT2D eigenvalue weighted by Gasteiger charge is -2.12. The molecule has 0 aliphatic carbocycles. The van der Waals surface area contributed by atoms with E-state index >= 15 is 0 Å². The molecule has 2 aromatic rings. The third kappa shape index (κ3) is 3.32. The molecule has 5 nitrogen and oxygen atoms in total. The summed E-state index contributed by atoms with van der Waals surface area (Å²) in [5, 5.41) is 4.51. The molecule has 2 N–H and O–H groups in total. The Hall–Kier alpha value is -1.43. The topological polar surface area (TPSA) is 68.2 Å². The third-order valence-electron chi connectivity index (χ3n) is 2.69. The molecule has 0 saturated heterocycles. The first-order valence-corrected chi connectivity index (χ1v) is 6.35. The van der Waals surface area contributed by atoms with E-state index in [1.165, 1.54) is 0 Å². The quantitative estimate of drug-likeness (QED) is 0.930. The molecular weight excluding hydrogens is 264 g/mol. The molecule has 0 spiro atoms. The molecule has 0 bridgehead atoms. The van der Waals surface area contributed by atoms with Crippen LogP contribution in [-0.4, -0.2) is 35.7 Å². The molecule has 0 amide bonds. The lowest BCUT2D eigenvalue weighted by molar-refractivity contribution is 0.357. The Kier molecular flexibility index (Phi) is 4.19. The van der Waals surface area contributed by atoms with Crippen LogP contribution in [0.4, 0.5) is 0 Å². The zero-order valence-electron chi connectivity index (χ0n) is 11.2. The van der Waals surface area contributed by atoms with Crippen LogP contribution in [0.15, 0.2) is 22.7 Å². The molecule has 1 unspecified atom stereocenters. The van der Waals surface area contributed by atoms with Crippen LogP contribution in [0.3, 0.4) is 0 Å². The predicted molar refractivity (Wildman–Crippen MR) is 75.0 cm³/mol. The van der Waals surface area contributed by atoms with Crippen LogP contribution in [-0.2, 0) is 0 Å². The normalized spacial score (nSPS) is 12.9. The Morgan fingerprint density at radius 3 is 2.79 bits per heavy atom. The van der Waals surface area contributed by atoms with E-state index in [9.17, 15) is 0 Å². The SMILES string of the molecule is Cc1ccc(-c2nc(C(N)CN(C)C)no2)c(Cl)c1. The van der Waals surface area contributed by atoms with Gasteiger partial charge in [-0.2, -0.15) is 4.98 Å². The van der Waals surface area contributed by atoms with E-state index in [4.69, 9.17) is 21.9 Å². The molecule has 1 atom stereocenters. The summed E-state index contributed by atoms with van der Waals surface area (Å²) in [6, 6.07) is 5.40. The van der Waals surface area contributed by atoms with Gasteiger partial charge in [0.1, 0.15) is 0 Å². The minimum atomic E-state index is -0.281. The maximum absolute atomic E-state index is 6.17. The average molecular weight is 281 g/mol. The van der Waals surface area contributed by atoms with Gasteiger partial charge in [0.2, 0.25) is 0 Å².